The standard InChI is InChI=1S/C22H18FNO4/c1-28-20-21(26)24(16-8-5-7-15(23)13-16)19-11-3-2-10-18(19)22(20,27)14-6-4-9-17(25)12-14/h2-13,20,25,27H,1H3. The minimum Gasteiger partial charge on any atom is -0.508 e. The lowest BCUT2D eigenvalue weighted by atomic mass is 9.77. The number of hydrogen-bond acceptors (Lipinski definition) is 4. The second kappa shape index (κ2) is 6.74. The van der Waals surface area contributed by atoms with Crippen molar-refractivity contribution in [2.45, 2.75) is 11.7 Å². The molecule has 0 bridgehead atoms. The molecule has 0 aliphatic carbocycles. The van der Waals surface area contributed by atoms with E-state index < -0.39 is 23.4 Å². The molecule has 3 aromatic carbocycles. The quantitative estimate of drug-likeness (QED) is 0.731. The topological polar surface area (TPSA) is 70.0 Å². The van der Waals surface area contributed by atoms with Gasteiger partial charge in [-0.2, -0.15) is 0 Å². The van der Waals surface area contributed by atoms with E-state index in [4.69, 9.17) is 4.74 Å². The summed E-state index contributed by atoms with van der Waals surface area (Å²) in [7, 11) is 1.33. The minimum absolute atomic E-state index is 0.0433. The highest BCUT2D eigenvalue weighted by Gasteiger charge is 2.52. The smallest absolute Gasteiger partial charge is 0.264 e. The van der Waals surface area contributed by atoms with E-state index in [0.29, 0.717) is 22.5 Å². The molecule has 6 heteroatoms. The molecular weight excluding hydrogens is 361 g/mol. The van der Waals surface area contributed by atoms with Crippen molar-refractivity contribution >= 4 is 17.3 Å². The number of ether oxygens (including phenoxy) is 1. The second-order valence-electron chi connectivity index (χ2n) is 6.60. The Hall–Kier alpha value is -3.22. The first-order valence-corrected chi connectivity index (χ1v) is 8.70. The Balaban J connectivity index is 1.99. The maximum atomic E-state index is 13.8. The van der Waals surface area contributed by atoms with Crippen molar-refractivity contribution in [1.82, 2.24) is 0 Å². The van der Waals surface area contributed by atoms with E-state index in [1.165, 1.54) is 42.3 Å². The average molecular weight is 379 g/mol. The molecule has 1 amide bonds. The van der Waals surface area contributed by atoms with Crippen molar-refractivity contribution in [3.63, 3.8) is 0 Å². The fraction of sp³-hybridized carbons (Fsp3) is 0.136. The number of anilines is 2. The Morgan fingerprint density at radius 3 is 2.50 bits per heavy atom. The highest BCUT2D eigenvalue weighted by molar-refractivity contribution is 6.07. The number of phenols is 1. The molecule has 0 aromatic heterocycles. The summed E-state index contributed by atoms with van der Waals surface area (Å²) in [4.78, 5) is 14.7. The number of aromatic hydroxyl groups is 1. The van der Waals surface area contributed by atoms with Crippen LogP contribution < -0.4 is 4.90 Å². The van der Waals surface area contributed by atoms with Gasteiger partial charge in [0.1, 0.15) is 11.6 Å². The fourth-order valence-corrected chi connectivity index (χ4v) is 3.75. The Kier molecular flexibility index (Phi) is 4.37. The minimum atomic E-state index is -1.83. The third-order valence-electron chi connectivity index (χ3n) is 4.97. The van der Waals surface area contributed by atoms with Gasteiger partial charge < -0.3 is 14.9 Å². The van der Waals surface area contributed by atoms with Crippen LogP contribution in [0.4, 0.5) is 15.8 Å². The Morgan fingerprint density at radius 2 is 1.79 bits per heavy atom. The number of carbonyl (C=O) groups is 1. The zero-order chi connectivity index (χ0) is 19.9. The average Bonchev–Trinajstić information content (AvgIpc) is 2.68. The van der Waals surface area contributed by atoms with Gasteiger partial charge in [0, 0.05) is 12.7 Å². The van der Waals surface area contributed by atoms with Gasteiger partial charge in [-0.15, -0.1) is 0 Å². The maximum Gasteiger partial charge on any atom is 0.264 e. The third kappa shape index (κ3) is 2.66. The van der Waals surface area contributed by atoms with E-state index in [-0.39, 0.29) is 5.75 Å². The van der Waals surface area contributed by atoms with Gasteiger partial charge in [0.15, 0.2) is 11.7 Å². The first kappa shape index (κ1) is 18.2. The predicted molar refractivity (Wildman–Crippen MR) is 102 cm³/mol. The van der Waals surface area contributed by atoms with Crippen molar-refractivity contribution in [2.24, 2.45) is 0 Å². The number of rotatable bonds is 3. The Labute approximate surface area is 161 Å². The molecule has 2 atom stereocenters. The van der Waals surface area contributed by atoms with Crippen molar-refractivity contribution in [1.29, 1.82) is 0 Å². The number of phenolic OH excluding ortho intramolecular Hbond substituents is 1. The molecule has 0 radical (unpaired) electrons. The van der Waals surface area contributed by atoms with Gasteiger partial charge in [0.2, 0.25) is 0 Å². The number of hydrogen-bond donors (Lipinski definition) is 2. The summed E-state index contributed by atoms with van der Waals surface area (Å²) in [6.07, 6.45) is -1.30. The molecule has 4 rings (SSSR count). The van der Waals surface area contributed by atoms with Gasteiger partial charge in [0.25, 0.3) is 5.91 Å². The van der Waals surface area contributed by atoms with Crippen LogP contribution in [0.2, 0.25) is 0 Å². The summed E-state index contributed by atoms with van der Waals surface area (Å²) in [5.41, 5.74) is -0.351. The number of methoxy groups -OCH3 is 1. The lowest BCUT2D eigenvalue weighted by Gasteiger charge is -2.44. The van der Waals surface area contributed by atoms with Crippen molar-refractivity contribution in [3.05, 3.63) is 89.7 Å². The highest BCUT2D eigenvalue weighted by atomic mass is 19.1. The molecule has 1 aliphatic rings. The van der Waals surface area contributed by atoms with Crippen LogP contribution >= 0.6 is 0 Å². The van der Waals surface area contributed by atoms with Gasteiger partial charge in [-0.3, -0.25) is 9.69 Å². The van der Waals surface area contributed by atoms with Crippen LogP contribution in [0.25, 0.3) is 0 Å². The summed E-state index contributed by atoms with van der Waals surface area (Å²) in [5.74, 6) is -1.07. The lowest BCUT2D eigenvalue weighted by Crippen LogP contribution is -2.55. The summed E-state index contributed by atoms with van der Waals surface area (Å²) >= 11 is 0. The van der Waals surface area contributed by atoms with E-state index in [2.05, 4.69) is 0 Å². The van der Waals surface area contributed by atoms with E-state index in [0.717, 1.165) is 0 Å². The summed E-state index contributed by atoms with van der Waals surface area (Å²) in [6, 6.07) is 18.6. The molecule has 28 heavy (non-hydrogen) atoms. The van der Waals surface area contributed by atoms with Gasteiger partial charge in [0.05, 0.1) is 11.4 Å². The van der Waals surface area contributed by atoms with Crippen molar-refractivity contribution in [3.8, 4) is 5.75 Å². The molecule has 1 heterocycles. The Bertz CT molecular complexity index is 1050. The normalized spacial score (nSPS) is 21.5. The number of benzene rings is 3. The SMILES string of the molecule is COC1C(=O)N(c2cccc(F)c2)c2ccccc2C1(O)c1cccc(O)c1. The van der Waals surface area contributed by atoms with Crippen LogP contribution in [0, 0.1) is 5.82 Å². The summed E-state index contributed by atoms with van der Waals surface area (Å²) in [6.45, 7) is 0. The van der Waals surface area contributed by atoms with Gasteiger partial charge in [-0.05, 0) is 42.0 Å². The number of carbonyl (C=O) groups excluding carboxylic acids is 1. The summed E-state index contributed by atoms with van der Waals surface area (Å²) in [5, 5.41) is 21.6. The monoisotopic (exact) mass is 379 g/mol. The second-order valence-corrected chi connectivity index (χ2v) is 6.60. The van der Waals surface area contributed by atoms with E-state index in [1.54, 1.807) is 42.5 Å². The largest absolute Gasteiger partial charge is 0.508 e. The molecular formula is C22H18FNO4. The van der Waals surface area contributed by atoms with Crippen LogP contribution in [0.3, 0.4) is 0 Å². The first-order chi connectivity index (χ1) is 13.5. The number of para-hydroxylation sites is 1. The van der Waals surface area contributed by atoms with Gasteiger partial charge in [-0.1, -0.05) is 36.4 Å². The van der Waals surface area contributed by atoms with Gasteiger partial charge >= 0.3 is 0 Å². The van der Waals surface area contributed by atoms with Crippen LogP contribution in [0.5, 0.6) is 5.75 Å². The maximum absolute atomic E-state index is 13.8. The number of aliphatic hydroxyl groups is 1. The van der Waals surface area contributed by atoms with E-state index >= 15 is 0 Å². The molecule has 3 aromatic rings. The number of amides is 1. The van der Waals surface area contributed by atoms with Crippen molar-refractivity contribution in [2.75, 3.05) is 12.0 Å². The number of halogens is 1. The molecule has 0 saturated carbocycles. The van der Waals surface area contributed by atoms with Crippen LogP contribution in [-0.4, -0.2) is 29.3 Å². The van der Waals surface area contributed by atoms with E-state index in [1.807, 2.05) is 0 Å². The van der Waals surface area contributed by atoms with Gasteiger partial charge in [-0.25, -0.2) is 4.39 Å². The third-order valence-corrected chi connectivity index (χ3v) is 4.97. The van der Waals surface area contributed by atoms with E-state index in [9.17, 15) is 19.4 Å². The first-order valence-electron chi connectivity index (χ1n) is 8.70. The zero-order valence-electron chi connectivity index (χ0n) is 15.0. The molecule has 0 saturated heterocycles. The molecule has 0 fully saturated rings. The molecule has 1 aliphatic heterocycles. The number of fused-ring (bicyclic) bond motifs is 1. The Morgan fingerprint density at radius 1 is 1.04 bits per heavy atom. The van der Waals surface area contributed by atoms with Crippen LogP contribution in [0.15, 0.2) is 72.8 Å². The van der Waals surface area contributed by atoms with Crippen LogP contribution in [-0.2, 0) is 15.1 Å². The highest BCUT2D eigenvalue weighted by Crippen LogP contribution is 2.47. The molecule has 0 spiro atoms. The number of nitrogens with zero attached hydrogens (tertiary/aromatic N) is 1. The zero-order valence-corrected chi connectivity index (χ0v) is 15.0. The van der Waals surface area contributed by atoms with Crippen LogP contribution in [0.1, 0.15) is 11.1 Å². The fourth-order valence-electron chi connectivity index (χ4n) is 3.75. The molecule has 2 N–H and O–H groups in total. The van der Waals surface area contributed by atoms with Crippen molar-refractivity contribution < 1.29 is 24.1 Å². The molecule has 2 unspecified atom stereocenters. The summed E-state index contributed by atoms with van der Waals surface area (Å²) < 4.78 is 19.3. The lowest BCUT2D eigenvalue weighted by molar-refractivity contribution is -0.144. The molecule has 5 nitrogen and oxygen atoms in total. The molecule has 142 valence electrons. The predicted octanol–water partition coefficient (Wildman–Crippen LogP) is 3.46.